The third-order valence-corrected chi connectivity index (χ3v) is 4.53. The molecule has 0 aromatic heterocycles. The van der Waals surface area contributed by atoms with Crippen LogP contribution in [0.1, 0.15) is 69.2 Å². The van der Waals surface area contributed by atoms with Crippen LogP contribution in [0.5, 0.6) is 0 Å². The first-order valence-electron chi connectivity index (χ1n) is 9.75. The highest BCUT2D eigenvalue weighted by Crippen LogP contribution is 2.21. The summed E-state index contributed by atoms with van der Waals surface area (Å²) in [6.45, 7) is 23.6. The van der Waals surface area contributed by atoms with Crippen molar-refractivity contribution in [2.75, 3.05) is 13.2 Å². The summed E-state index contributed by atoms with van der Waals surface area (Å²) >= 11 is 0. The fourth-order valence-corrected chi connectivity index (χ4v) is 3.54. The van der Waals surface area contributed by atoms with Crippen LogP contribution in [0.2, 0.25) is 0 Å². The number of nitrogens with zero attached hydrogens (tertiary/aromatic N) is 2. The molecule has 1 heterocycles. The third-order valence-electron chi connectivity index (χ3n) is 4.53. The summed E-state index contributed by atoms with van der Waals surface area (Å²) in [5, 5.41) is 0. The Balaban J connectivity index is 3.09. The maximum atomic E-state index is 5.81. The monoisotopic (exact) mass is 348 g/mol. The van der Waals surface area contributed by atoms with Crippen molar-refractivity contribution in [2.45, 2.75) is 93.4 Å². The zero-order valence-electron chi connectivity index (χ0n) is 18.1. The molecule has 0 spiro atoms. The largest absolute Gasteiger partial charge is 0.549 e. The van der Waals surface area contributed by atoms with Crippen molar-refractivity contribution in [3.05, 3.63) is 0 Å². The Kier molecular flexibility index (Phi) is 8.54. The van der Waals surface area contributed by atoms with E-state index in [0.29, 0.717) is 37.4 Å². The molecule has 1 aliphatic heterocycles. The molecule has 0 aromatic rings. The van der Waals surface area contributed by atoms with Crippen LogP contribution in [0, 0.1) is 17.1 Å². The van der Waals surface area contributed by atoms with Gasteiger partial charge in [0.15, 0.2) is 0 Å². The van der Waals surface area contributed by atoms with Gasteiger partial charge in [-0.15, -0.1) is 5.82 Å². The lowest BCUT2D eigenvalue weighted by Gasteiger charge is -2.43. The summed E-state index contributed by atoms with van der Waals surface area (Å²) in [4.78, 5) is 4.94. The Hall–Kier alpha value is -0.470. The summed E-state index contributed by atoms with van der Waals surface area (Å²) in [7, 11) is -0.419. The Labute approximate surface area is 157 Å². The average molecular weight is 348 g/mol. The summed E-state index contributed by atoms with van der Waals surface area (Å²) in [5.74, 6) is 6.76. The average Bonchev–Trinajstić information content (AvgIpc) is 2.44. The minimum absolute atomic E-state index is 0.0436. The molecule has 142 valence electrons. The molecule has 0 saturated carbocycles. The highest BCUT2D eigenvalue weighted by atomic mass is 16.6. The summed E-state index contributed by atoms with van der Waals surface area (Å²) in [6, 6.07) is 1.63. The fraction of sp³-hybridized carbons (Fsp3) is 0.895. The molecule has 0 unspecified atom stereocenters. The summed E-state index contributed by atoms with van der Waals surface area (Å²) in [6.07, 6.45) is 0. The molecule has 0 radical (unpaired) electrons. The summed E-state index contributed by atoms with van der Waals surface area (Å²) in [5.41, 5.74) is 0.0708. The minimum Gasteiger partial charge on any atom is -0.400 e. The molecular formula is C19H38B2N2O2. The van der Waals surface area contributed by atoms with E-state index < -0.39 is 7.12 Å². The smallest absolute Gasteiger partial charge is 0.400 e. The highest BCUT2D eigenvalue weighted by molar-refractivity contribution is 6.65. The molecule has 1 aliphatic rings. The van der Waals surface area contributed by atoms with Crippen molar-refractivity contribution in [1.29, 1.82) is 0 Å². The van der Waals surface area contributed by atoms with Crippen molar-refractivity contribution in [1.82, 2.24) is 9.62 Å². The van der Waals surface area contributed by atoms with Gasteiger partial charge in [0.05, 0.1) is 0 Å². The molecule has 0 bridgehead atoms. The molecule has 1 rings (SSSR count). The zero-order valence-corrected chi connectivity index (χ0v) is 18.1. The topological polar surface area (TPSA) is 24.9 Å². The van der Waals surface area contributed by atoms with Gasteiger partial charge < -0.3 is 18.9 Å². The van der Waals surface area contributed by atoms with Gasteiger partial charge in [0.1, 0.15) is 0 Å². The predicted octanol–water partition coefficient (Wildman–Crippen LogP) is 3.36. The van der Waals surface area contributed by atoms with E-state index in [0.717, 1.165) is 0 Å². The molecule has 1 saturated heterocycles. The van der Waals surface area contributed by atoms with Crippen molar-refractivity contribution < 1.29 is 9.31 Å². The van der Waals surface area contributed by atoms with Crippen molar-refractivity contribution in [3.63, 3.8) is 0 Å². The third kappa shape index (κ3) is 6.64. The molecule has 0 amide bonds. The molecule has 1 fully saturated rings. The van der Waals surface area contributed by atoms with E-state index in [-0.39, 0.29) is 12.4 Å². The van der Waals surface area contributed by atoms with Crippen LogP contribution in [-0.4, -0.2) is 61.1 Å². The standard InChI is InChI=1S/C19H38B2N2O2/c1-15(2)22(16(3)4)20(23(17(5)6)18(7)8)11-12-21-24-13-19(9,10)14-25-21/h15-18H,13-14H2,1-10H3. The van der Waals surface area contributed by atoms with Crippen LogP contribution >= 0.6 is 0 Å². The normalized spacial score (nSPS) is 17.8. The van der Waals surface area contributed by atoms with Crippen molar-refractivity contribution >= 4 is 14.1 Å². The van der Waals surface area contributed by atoms with Gasteiger partial charge in [-0.2, -0.15) is 0 Å². The van der Waals surface area contributed by atoms with Crippen LogP contribution in [-0.2, 0) is 9.31 Å². The van der Waals surface area contributed by atoms with Gasteiger partial charge in [-0.05, 0) is 24.2 Å². The predicted molar refractivity (Wildman–Crippen MR) is 109 cm³/mol. The Bertz CT molecular complexity index is 424. The molecule has 4 nitrogen and oxygen atoms in total. The van der Waals surface area contributed by atoms with E-state index in [2.05, 4.69) is 90.5 Å². The molecule has 0 aromatic carbocycles. The second-order valence-electron chi connectivity index (χ2n) is 9.05. The Morgan fingerprint density at radius 3 is 1.48 bits per heavy atom. The van der Waals surface area contributed by atoms with Crippen LogP contribution in [0.4, 0.5) is 0 Å². The van der Waals surface area contributed by atoms with Crippen LogP contribution < -0.4 is 0 Å². The SMILES string of the molecule is CC(C)N(B(C#CB1OCC(C)(C)CO1)N(C(C)C)C(C)C)C(C)C. The van der Waals surface area contributed by atoms with E-state index >= 15 is 0 Å². The molecule has 0 aliphatic carbocycles. The van der Waals surface area contributed by atoms with E-state index in [1.54, 1.807) is 0 Å². The van der Waals surface area contributed by atoms with Crippen LogP contribution in [0.3, 0.4) is 0 Å². The fourth-order valence-electron chi connectivity index (χ4n) is 3.54. The van der Waals surface area contributed by atoms with E-state index in [4.69, 9.17) is 9.31 Å². The molecule has 0 N–H and O–H groups in total. The maximum absolute atomic E-state index is 5.81. The Morgan fingerprint density at radius 1 is 0.800 bits per heavy atom. The minimum atomic E-state index is -0.419. The van der Waals surface area contributed by atoms with E-state index in [1.807, 2.05) is 0 Å². The number of rotatable bonds is 6. The quantitative estimate of drug-likeness (QED) is 0.543. The lowest BCUT2D eigenvalue weighted by atomic mass is 9.66. The van der Waals surface area contributed by atoms with Crippen LogP contribution in [0.15, 0.2) is 0 Å². The van der Waals surface area contributed by atoms with Crippen molar-refractivity contribution in [3.8, 4) is 11.6 Å². The second kappa shape index (κ2) is 9.46. The highest BCUT2D eigenvalue weighted by Gasteiger charge is 2.37. The Morgan fingerprint density at radius 2 is 1.16 bits per heavy atom. The van der Waals surface area contributed by atoms with E-state index in [1.165, 1.54) is 0 Å². The van der Waals surface area contributed by atoms with E-state index in [9.17, 15) is 0 Å². The van der Waals surface area contributed by atoms with Gasteiger partial charge in [0.2, 0.25) is 0 Å². The first-order valence-corrected chi connectivity index (χ1v) is 9.75. The molecular weight excluding hydrogens is 310 g/mol. The van der Waals surface area contributed by atoms with Gasteiger partial charge in [-0.3, -0.25) is 0 Å². The second-order valence-corrected chi connectivity index (χ2v) is 9.05. The van der Waals surface area contributed by atoms with Crippen LogP contribution in [0.25, 0.3) is 0 Å². The summed E-state index contributed by atoms with van der Waals surface area (Å²) < 4.78 is 11.6. The van der Waals surface area contributed by atoms with Crippen molar-refractivity contribution in [2.24, 2.45) is 5.41 Å². The van der Waals surface area contributed by atoms with Gasteiger partial charge in [0.25, 0.3) is 0 Å². The van der Waals surface area contributed by atoms with Gasteiger partial charge >= 0.3 is 14.1 Å². The molecule has 25 heavy (non-hydrogen) atoms. The molecule has 0 atom stereocenters. The van der Waals surface area contributed by atoms with Gasteiger partial charge in [-0.25, -0.2) is 0 Å². The lowest BCUT2D eigenvalue weighted by Crippen LogP contribution is -2.61. The maximum Gasteiger partial charge on any atom is 0.549 e. The first kappa shape index (κ1) is 22.6. The van der Waals surface area contributed by atoms with Gasteiger partial charge in [0, 0.05) is 18.6 Å². The number of hydrogen-bond donors (Lipinski definition) is 0. The first-order chi connectivity index (χ1) is 11.5. The molecule has 6 heteroatoms. The lowest BCUT2D eigenvalue weighted by molar-refractivity contribution is 0.0347. The number of hydrogen-bond acceptors (Lipinski definition) is 4. The zero-order chi connectivity index (χ0) is 19.4. The van der Waals surface area contributed by atoms with Gasteiger partial charge in [-0.1, -0.05) is 75.1 Å².